The van der Waals surface area contributed by atoms with E-state index in [4.69, 9.17) is 15.2 Å². The van der Waals surface area contributed by atoms with Crippen LogP contribution in [0.1, 0.15) is 5.69 Å². The van der Waals surface area contributed by atoms with Gasteiger partial charge in [0.1, 0.15) is 6.61 Å². The summed E-state index contributed by atoms with van der Waals surface area (Å²) in [5.74, 6) is 1.48. The molecule has 5 heteroatoms. The summed E-state index contributed by atoms with van der Waals surface area (Å²) in [6.07, 6.45) is 1.62. The second-order valence-corrected chi connectivity index (χ2v) is 3.35. The summed E-state index contributed by atoms with van der Waals surface area (Å²) in [5.41, 5.74) is 6.43. The van der Waals surface area contributed by atoms with Crippen LogP contribution in [0, 0.1) is 0 Å². The lowest BCUT2D eigenvalue weighted by Crippen LogP contribution is -2.02. The maximum atomic E-state index is 5.66. The van der Waals surface area contributed by atoms with Crippen LogP contribution in [0.3, 0.4) is 0 Å². The van der Waals surface area contributed by atoms with E-state index in [1.54, 1.807) is 31.5 Å². The van der Waals surface area contributed by atoms with Crippen LogP contribution in [0.5, 0.6) is 11.6 Å². The summed E-state index contributed by atoms with van der Waals surface area (Å²) in [5, 5.41) is 0. The molecule has 0 saturated heterocycles. The van der Waals surface area contributed by atoms with Gasteiger partial charge in [-0.2, -0.15) is 0 Å². The average molecular weight is 231 g/mol. The largest absolute Gasteiger partial charge is 0.483 e. The highest BCUT2D eigenvalue weighted by molar-refractivity contribution is 5.44. The fraction of sp³-hybridized carbons (Fsp3) is 0.167. The summed E-state index contributed by atoms with van der Waals surface area (Å²) >= 11 is 0. The lowest BCUT2D eigenvalue weighted by atomic mass is 10.3. The molecule has 0 spiro atoms. The van der Waals surface area contributed by atoms with Gasteiger partial charge in [0, 0.05) is 12.3 Å². The molecule has 5 nitrogen and oxygen atoms in total. The SMILES string of the molecule is COc1cccc(COc2cccnc2N)n1. The van der Waals surface area contributed by atoms with Crippen LogP contribution < -0.4 is 15.2 Å². The minimum atomic E-state index is 0.326. The third-order valence-electron chi connectivity index (χ3n) is 2.17. The van der Waals surface area contributed by atoms with Gasteiger partial charge in [-0.25, -0.2) is 9.97 Å². The fourth-order valence-electron chi connectivity index (χ4n) is 1.33. The lowest BCUT2D eigenvalue weighted by molar-refractivity contribution is 0.299. The van der Waals surface area contributed by atoms with Crippen LogP contribution >= 0.6 is 0 Å². The van der Waals surface area contributed by atoms with Crippen molar-refractivity contribution < 1.29 is 9.47 Å². The summed E-state index contributed by atoms with van der Waals surface area (Å²) < 4.78 is 10.5. The number of nitrogens with zero attached hydrogens (tertiary/aromatic N) is 2. The topological polar surface area (TPSA) is 70.3 Å². The Morgan fingerprint density at radius 2 is 2.12 bits per heavy atom. The first kappa shape index (κ1) is 11.2. The number of pyridine rings is 2. The molecule has 0 atom stereocenters. The van der Waals surface area contributed by atoms with E-state index in [-0.39, 0.29) is 0 Å². The number of methoxy groups -OCH3 is 1. The maximum Gasteiger partial charge on any atom is 0.213 e. The van der Waals surface area contributed by atoms with Crippen molar-refractivity contribution in [3.05, 3.63) is 42.2 Å². The number of hydrogen-bond donors (Lipinski definition) is 1. The number of rotatable bonds is 4. The van der Waals surface area contributed by atoms with E-state index in [1.807, 2.05) is 12.1 Å². The second kappa shape index (κ2) is 5.16. The number of anilines is 1. The molecular weight excluding hydrogens is 218 g/mol. The Kier molecular flexibility index (Phi) is 3.40. The zero-order valence-electron chi connectivity index (χ0n) is 9.46. The molecule has 0 amide bonds. The molecule has 2 aromatic heterocycles. The van der Waals surface area contributed by atoms with Gasteiger partial charge in [-0.15, -0.1) is 0 Å². The Hall–Kier alpha value is -2.30. The molecule has 0 aromatic carbocycles. The van der Waals surface area contributed by atoms with Crippen LogP contribution in [0.4, 0.5) is 5.82 Å². The van der Waals surface area contributed by atoms with Gasteiger partial charge in [0.15, 0.2) is 11.6 Å². The molecule has 0 saturated carbocycles. The van der Waals surface area contributed by atoms with Gasteiger partial charge in [0.2, 0.25) is 5.88 Å². The molecular formula is C12H13N3O2. The van der Waals surface area contributed by atoms with Crippen LogP contribution in [0.2, 0.25) is 0 Å². The summed E-state index contributed by atoms with van der Waals surface area (Å²) in [6, 6.07) is 9.03. The third-order valence-corrected chi connectivity index (χ3v) is 2.17. The quantitative estimate of drug-likeness (QED) is 0.866. The van der Waals surface area contributed by atoms with Gasteiger partial charge in [0.25, 0.3) is 0 Å². The van der Waals surface area contributed by atoms with Crippen LogP contribution in [0.25, 0.3) is 0 Å². The molecule has 0 radical (unpaired) electrons. The highest BCUT2D eigenvalue weighted by Crippen LogP contribution is 2.18. The Balaban J connectivity index is 2.05. The first-order chi connectivity index (χ1) is 8.29. The van der Waals surface area contributed by atoms with Gasteiger partial charge < -0.3 is 15.2 Å². The molecule has 0 aliphatic carbocycles. The molecule has 0 bridgehead atoms. The molecule has 0 fully saturated rings. The van der Waals surface area contributed by atoms with Gasteiger partial charge in [-0.05, 0) is 18.2 Å². The highest BCUT2D eigenvalue weighted by Gasteiger charge is 2.02. The van der Waals surface area contributed by atoms with E-state index in [0.717, 1.165) is 5.69 Å². The van der Waals surface area contributed by atoms with Crippen LogP contribution in [0.15, 0.2) is 36.5 Å². The van der Waals surface area contributed by atoms with E-state index in [9.17, 15) is 0 Å². The normalized spacial score (nSPS) is 9.94. The molecule has 2 rings (SSSR count). The smallest absolute Gasteiger partial charge is 0.213 e. The van der Waals surface area contributed by atoms with Crippen molar-refractivity contribution in [2.75, 3.05) is 12.8 Å². The van der Waals surface area contributed by atoms with E-state index >= 15 is 0 Å². The summed E-state index contributed by atoms with van der Waals surface area (Å²) in [4.78, 5) is 8.16. The molecule has 2 heterocycles. The number of ether oxygens (including phenoxy) is 2. The minimum Gasteiger partial charge on any atom is -0.483 e. The zero-order valence-corrected chi connectivity index (χ0v) is 9.46. The predicted molar refractivity (Wildman–Crippen MR) is 63.8 cm³/mol. The Morgan fingerprint density at radius 1 is 1.24 bits per heavy atom. The molecule has 2 aromatic rings. The molecule has 0 unspecified atom stereocenters. The maximum absolute atomic E-state index is 5.66. The first-order valence-corrected chi connectivity index (χ1v) is 5.13. The van der Waals surface area contributed by atoms with Gasteiger partial charge in [0.05, 0.1) is 12.8 Å². The summed E-state index contributed by atoms with van der Waals surface area (Å²) in [7, 11) is 1.58. The third kappa shape index (κ3) is 2.84. The monoisotopic (exact) mass is 231 g/mol. The van der Waals surface area contributed by atoms with E-state index in [0.29, 0.717) is 24.1 Å². The first-order valence-electron chi connectivity index (χ1n) is 5.13. The number of nitrogens with two attached hydrogens (primary N) is 1. The number of nitrogen functional groups attached to an aromatic ring is 1. The van der Waals surface area contributed by atoms with Gasteiger partial charge in [-0.3, -0.25) is 0 Å². The van der Waals surface area contributed by atoms with Crippen molar-refractivity contribution in [2.24, 2.45) is 0 Å². The Morgan fingerprint density at radius 3 is 2.88 bits per heavy atom. The minimum absolute atomic E-state index is 0.326. The molecule has 0 aliphatic heterocycles. The van der Waals surface area contributed by atoms with Crippen molar-refractivity contribution in [1.29, 1.82) is 0 Å². The van der Waals surface area contributed by atoms with Gasteiger partial charge in [-0.1, -0.05) is 6.07 Å². The van der Waals surface area contributed by atoms with Gasteiger partial charge >= 0.3 is 0 Å². The Bertz CT molecular complexity index is 503. The fourth-order valence-corrected chi connectivity index (χ4v) is 1.33. The average Bonchev–Trinajstić information content (AvgIpc) is 2.38. The van der Waals surface area contributed by atoms with E-state index < -0.39 is 0 Å². The van der Waals surface area contributed by atoms with Crippen molar-refractivity contribution in [3.8, 4) is 11.6 Å². The predicted octanol–water partition coefficient (Wildman–Crippen LogP) is 1.65. The van der Waals surface area contributed by atoms with E-state index in [1.165, 1.54) is 0 Å². The van der Waals surface area contributed by atoms with Crippen molar-refractivity contribution in [2.45, 2.75) is 6.61 Å². The lowest BCUT2D eigenvalue weighted by Gasteiger charge is -2.07. The van der Waals surface area contributed by atoms with Crippen LogP contribution in [-0.2, 0) is 6.61 Å². The molecule has 88 valence electrons. The Labute approximate surface area is 99.2 Å². The molecule has 17 heavy (non-hydrogen) atoms. The van der Waals surface area contributed by atoms with Crippen LogP contribution in [-0.4, -0.2) is 17.1 Å². The standard InChI is InChI=1S/C12H13N3O2/c1-16-11-6-2-4-9(15-11)8-17-10-5-3-7-14-12(10)13/h2-7H,8H2,1H3,(H2,13,14). The van der Waals surface area contributed by atoms with Crippen molar-refractivity contribution in [3.63, 3.8) is 0 Å². The number of hydrogen-bond acceptors (Lipinski definition) is 5. The van der Waals surface area contributed by atoms with E-state index in [2.05, 4.69) is 9.97 Å². The highest BCUT2D eigenvalue weighted by atomic mass is 16.5. The second-order valence-electron chi connectivity index (χ2n) is 3.35. The number of aromatic nitrogens is 2. The molecule has 0 aliphatic rings. The van der Waals surface area contributed by atoms with Crippen molar-refractivity contribution >= 4 is 5.82 Å². The van der Waals surface area contributed by atoms with Crippen molar-refractivity contribution in [1.82, 2.24) is 9.97 Å². The summed E-state index contributed by atoms with van der Waals surface area (Å²) in [6.45, 7) is 0.326. The zero-order chi connectivity index (χ0) is 12.1. The molecule has 2 N–H and O–H groups in total.